The molecule has 1 atom stereocenters. The smallest absolute Gasteiger partial charge is 0.126 e. The van der Waals surface area contributed by atoms with Crippen LogP contribution in [0.1, 0.15) is 18.0 Å². The van der Waals surface area contributed by atoms with E-state index < -0.39 is 0 Å². The maximum atomic E-state index is 5.51. The summed E-state index contributed by atoms with van der Waals surface area (Å²) >= 11 is 0. The zero-order valence-electron chi connectivity index (χ0n) is 13.8. The Morgan fingerprint density at radius 3 is 3.00 bits per heavy atom. The topological polar surface area (TPSA) is 72.1 Å². The van der Waals surface area contributed by atoms with Crippen molar-refractivity contribution in [2.45, 2.75) is 12.3 Å². The first kappa shape index (κ1) is 15.0. The van der Waals surface area contributed by atoms with Crippen LogP contribution in [0.2, 0.25) is 0 Å². The average Bonchev–Trinajstić information content (AvgIpc) is 3.30. The summed E-state index contributed by atoms with van der Waals surface area (Å²) in [6, 6.07) is 6.01. The Labute approximate surface area is 140 Å². The van der Waals surface area contributed by atoms with Gasteiger partial charge in [0.05, 0.1) is 36.8 Å². The molecule has 1 aliphatic heterocycles. The lowest BCUT2D eigenvalue weighted by atomic mass is 10.0. The van der Waals surface area contributed by atoms with E-state index in [1.165, 1.54) is 0 Å². The van der Waals surface area contributed by atoms with Crippen molar-refractivity contribution in [3.63, 3.8) is 0 Å². The number of ether oxygens (including phenoxy) is 2. The van der Waals surface area contributed by atoms with Gasteiger partial charge >= 0.3 is 0 Å². The fourth-order valence-corrected chi connectivity index (χ4v) is 3.13. The summed E-state index contributed by atoms with van der Waals surface area (Å²) in [4.78, 5) is 12.5. The zero-order valence-corrected chi connectivity index (χ0v) is 13.8. The normalized spacial score (nSPS) is 17.3. The molecular weight excluding hydrogens is 304 g/mol. The molecule has 0 radical (unpaired) electrons. The SMILES string of the molecule is CNc1cc2c(-c3cc(OC)cc(C4CCOC4)n3)c[nH]c2cn1. The highest BCUT2D eigenvalue weighted by atomic mass is 16.5. The van der Waals surface area contributed by atoms with Crippen LogP contribution in [0.3, 0.4) is 0 Å². The van der Waals surface area contributed by atoms with Gasteiger partial charge in [0.25, 0.3) is 0 Å². The van der Waals surface area contributed by atoms with Crippen LogP contribution in [0.25, 0.3) is 22.2 Å². The maximum absolute atomic E-state index is 5.51. The van der Waals surface area contributed by atoms with Gasteiger partial charge in [-0.1, -0.05) is 0 Å². The van der Waals surface area contributed by atoms with Crippen molar-refractivity contribution in [3.8, 4) is 17.0 Å². The molecule has 124 valence electrons. The van der Waals surface area contributed by atoms with Gasteiger partial charge in [0.15, 0.2) is 0 Å². The first-order valence-electron chi connectivity index (χ1n) is 8.07. The number of methoxy groups -OCH3 is 1. The Morgan fingerprint density at radius 1 is 1.33 bits per heavy atom. The largest absolute Gasteiger partial charge is 0.497 e. The molecule has 1 fully saturated rings. The van der Waals surface area contributed by atoms with E-state index in [0.29, 0.717) is 5.92 Å². The first-order valence-corrected chi connectivity index (χ1v) is 8.07. The van der Waals surface area contributed by atoms with Crippen LogP contribution in [0.15, 0.2) is 30.6 Å². The number of aromatic nitrogens is 3. The van der Waals surface area contributed by atoms with Gasteiger partial charge in [-0.15, -0.1) is 0 Å². The number of H-pyrrole nitrogens is 1. The van der Waals surface area contributed by atoms with Gasteiger partial charge < -0.3 is 19.8 Å². The van der Waals surface area contributed by atoms with Crippen LogP contribution in [0.4, 0.5) is 5.82 Å². The van der Waals surface area contributed by atoms with Crippen LogP contribution in [-0.4, -0.2) is 42.3 Å². The fraction of sp³-hybridized carbons (Fsp3) is 0.333. The van der Waals surface area contributed by atoms with Gasteiger partial charge in [0.1, 0.15) is 11.6 Å². The zero-order chi connectivity index (χ0) is 16.5. The molecule has 6 heteroatoms. The molecule has 3 aromatic rings. The van der Waals surface area contributed by atoms with Crippen molar-refractivity contribution in [1.82, 2.24) is 15.0 Å². The molecule has 3 aromatic heterocycles. The van der Waals surface area contributed by atoms with Gasteiger partial charge in [-0.05, 0) is 12.5 Å². The van der Waals surface area contributed by atoms with E-state index >= 15 is 0 Å². The van der Waals surface area contributed by atoms with Crippen molar-refractivity contribution in [3.05, 3.63) is 36.3 Å². The van der Waals surface area contributed by atoms with E-state index in [2.05, 4.69) is 15.3 Å². The number of nitrogens with zero attached hydrogens (tertiary/aromatic N) is 2. The van der Waals surface area contributed by atoms with Crippen LogP contribution >= 0.6 is 0 Å². The lowest BCUT2D eigenvalue weighted by Gasteiger charge is -2.12. The molecule has 1 aliphatic rings. The summed E-state index contributed by atoms with van der Waals surface area (Å²) < 4.78 is 11.0. The summed E-state index contributed by atoms with van der Waals surface area (Å²) in [7, 11) is 3.55. The predicted molar refractivity (Wildman–Crippen MR) is 93.6 cm³/mol. The first-order chi connectivity index (χ1) is 11.8. The van der Waals surface area contributed by atoms with Gasteiger partial charge in [0, 0.05) is 48.9 Å². The molecule has 6 nitrogen and oxygen atoms in total. The number of fused-ring (bicyclic) bond motifs is 1. The van der Waals surface area contributed by atoms with Crippen molar-refractivity contribution in [1.29, 1.82) is 0 Å². The van der Waals surface area contributed by atoms with Gasteiger partial charge in [-0.3, -0.25) is 4.98 Å². The standard InChI is InChI=1S/C18H20N4O2/c1-19-18-7-13-14(8-20-17(13)9-21-18)16-6-12(23-2)5-15(22-16)11-3-4-24-10-11/h5-9,11,20H,3-4,10H2,1-2H3,(H,19,21). The van der Waals surface area contributed by atoms with Crippen molar-refractivity contribution in [2.24, 2.45) is 0 Å². The van der Waals surface area contributed by atoms with Gasteiger partial charge in [-0.25, -0.2) is 4.98 Å². The lowest BCUT2D eigenvalue weighted by molar-refractivity contribution is 0.193. The third-order valence-electron chi connectivity index (χ3n) is 4.50. The second-order valence-electron chi connectivity index (χ2n) is 5.95. The number of aromatic amines is 1. The summed E-state index contributed by atoms with van der Waals surface area (Å²) in [5.74, 6) is 1.98. The minimum Gasteiger partial charge on any atom is -0.497 e. The van der Waals surface area contributed by atoms with Crippen LogP contribution in [0.5, 0.6) is 5.75 Å². The Bertz CT molecular complexity index is 869. The Hall–Kier alpha value is -2.60. The van der Waals surface area contributed by atoms with E-state index in [1.807, 2.05) is 37.6 Å². The Balaban J connectivity index is 1.84. The van der Waals surface area contributed by atoms with Crippen molar-refractivity contribution >= 4 is 16.7 Å². The number of pyridine rings is 2. The highest BCUT2D eigenvalue weighted by molar-refractivity contribution is 5.95. The Kier molecular flexibility index (Phi) is 3.82. The molecule has 4 heterocycles. The second-order valence-corrected chi connectivity index (χ2v) is 5.95. The number of hydrogen-bond acceptors (Lipinski definition) is 5. The van der Waals surface area contributed by atoms with Crippen LogP contribution < -0.4 is 10.1 Å². The number of hydrogen-bond donors (Lipinski definition) is 2. The monoisotopic (exact) mass is 324 g/mol. The highest BCUT2D eigenvalue weighted by Gasteiger charge is 2.21. The third kappa shape index (κ3) is 2.59. The number of nitrogens with one attached hydrogen (secondary N) is 2. The summed E-state index contributed by atoms with van der Waals surface area (Å²) in [5.41, 5.74) is 3.96. The van der Waals surface area contributed by atoms with E-state index in [9.17, 15) is 0 Å². The molecule has 0 saturated carbocycles. The van der Waals surface area contributed by atoms with E-state index in [-0.39, 0.29) is 0 Å². The lowest BCUT2D eigenvalue weighted by Crippen LogP contribution is -2.02. The molecule has 0 amide bonds. The molecule has 4 rings (SSSR count). The van der Waals surface area contributed by atoms with Crippen LogP contribution in [0, 0.1) is 0 Å². The Morgan fingerprint density at radius 2 is 2.25 bits per heavy atom. The molecule has 24 heavy (non-hydrogen) atoms. The highest BCUT2D eigenvalue weighted by Crippen LogP contribution is 2.33. The molecule has 0 bridgehead atoms. The van der Waals surface area contributed by atoms with Crippen molar-refractivity contribution in [2.75, 3.05) is 32.7 Å². The fourth-order valence-electron chi connectivity index (χ4n) is 3.13. The average molecular weight is 324 g/mol. The van der Waals surface area contributed by atoms with E-state index in [4.69, 9.17) is 14.5 Å². The molecule has 1 saturated heterocycles. The predicted octanol–water partition coefficient (Wildman–Crippen LogP) is 3.18. The molecule has 0 spiro atoms. The van der Waals surface area contributed by atoms with Gasteiger partial charge in [0.2, 0.25) is 0 Å². The minimum atomic E-state index is 0.332. The summed E-state index contributed by atoms with van der Waals surface area (Å²) in [6.07, 6.45) is 4.81. The molecule has 0 aromatic carbocycles. The number of anilines is 1. The molecule has 2 N–H and O–H groups in total. The molecule has 0 aliphatic carbocycles. The molecule has 1 unspecified atom stereocenters. The third-order valence-corrected chi connectivity index (χ3v) is 4.50. The van der Waals surface area contributed by atoms with E-state index in [1.54, 1.807) is 7.11 Å². The molecular formula is C18H20N4O2. The van der Waals surface area contributed by atoms with Gasteiger partial charge in [-0.2, -0.15) is 0 Å². The minimum absolute atomic E-state index is 0.332. The van der Waals surface area contributed by atoms with E-state index in [0.717, 1.165) is 59.1 Å². The quantitative estimate of drug-likeness (QED) is 0.771. The maximum Gasteiger partial charge on any atom is 0.126 e. The second kappa shape index (κ2) is 6.13. The van der Waals surface area contributed by atoms with Crippen molar-refractivity contribution < 1.29 is 9.47 Å². The summed E-state index contributed by atoms with van der Waals surface area (Å²) in [5, 5.41) is 4.17. The van der Waals surface area contributed by atoms with Crippen LogP contribution in [-0.2, 0) is 4.74 Å². The number of rotatable bonds is 4. The summed E-state index contributed by atoms with van der Waals surface area (Å²) in [6.45, 7) is 1.52.